The minimum Gasteiger partial charge on any atom is -0.508 e. The lowest BCUT2D eigenvalue weighted by atomic mass is 10.1. The summed E-state index contributed by atoms with van der Waals surface area (Å²) in [7, 11) is 1.73. The van der Waals surface area contributed by atoms with Gasteiger partial charge in [-0.25, -0.2) is 0 Å². The van der Waals surface area contributed by atoms with Gasteiger partial charge in [0.25, 0.3) is 5.91 Å². The van der Waals surface area contributed by atoms with E-state index < -0.39 is 0 Å². The van der Waals surface area contributed by atoms with Crippen LogP contribution in [0.5, 0.6) is 5.75 Å². The van der Waals surface area contributed by atoms with Crippen LogP contribution in [-0.4, -0.2) is 23.0 Å². The average molecular weight is 259 g/mol. The number of nitrogens with zero attached hydrogens (tertiary/aromatic N) is 1. The van der Waals surface area contributed by atoms with Crippen molar-refractivity contribution in [2.45, 2.75) is 20.4 Å². The van der Waals surface area contributed by atoms with E-state index >= 15 is 0 Å². The van der Waals surface area contributed by atoms with E-state index in [2.05, 4.69) is 0 Å². The Morgan fingerprint density at radius 1 is 1.26 bits per heavy atom. The topological polar surface area (TPSA) is 53.7 Å². The molecule has 0 saturated carbocycles. The number of aryl methyl sites for hydroxylation is 2. The van der Waals surface area contributed by atoms with Crippen molar-refractivity contribution in [1.29, 1.82) is 0 Å². The number of furan rings is 1. The Bertz CT molecular complexity index is 601. The van der Waals surface area contributed by atoms with Crippen LogP contribution in [0.25, 0.3) is 0 Å². The monoisotopic (exact) mass is 259 g/mol. The summed E-state index contributed by atoms with van der Waals surface area (Å²) in [5.74, 6) is 1.66. The lowest BCUT2D eigenvalue weighted by Crippen LogP contribution is -2.26. The second kappa shape index (κ2) is 5.18. The van der Waals surface area contributed by atoms with Gasteiger partial charge in [-0.2, -0.15) is 0 Å². The first-order chi connectivity index (χ1) is 8.97. The molecule has 0 spiro atoms. The third kappa shape index (κ3) is 2.96. The van der Waals surface area contributed by atoms with Crippen molar-refractivity contribution in [1.82, 2.24) is 4.90 Å². The molecule has 4 nitrogen and oxygen atoms in total. The predicted molar refractivity (Wildman–Crippen MR) is 72.1 cm³/mol. The summed E-state index contributed by atoms with van der Waals surface area (Å²) in [4.78, 5) is 13.9. The quantitative estimate of drug-likeness (QED) is 0.922. The highest BCUT2D eigenvalue weighted by Crippen LogP contribution is 2.18. The third-order valence-electron chi connectivity index (χ3n) is 2.98. The van der Waals surface area contributed by atoms with E-state index in [0.29, 0.717) is 12.1 Å². The van der Waals surface area contributed by atoms with E-state index in [1.54, 1.807) is 31.0 Å². The number of phenols is 1. The first kappa shape index (κ1) is 13.2. The molecule has 1 aromatic heterocycles. The molecule has 1 amide bonds. The van der Waals surface area contributed by atoms with Crippen molar-refractivity contribution >= 4 is 5.91 Å². The fraction of sp³-hybridized carbons (Fsp3) is 0.267. The Labute approximate surface area is 112 Å². The summed E-state index contributed by atoms with van der Waals surface area (Å²) in [6, 6.07) is 8.47. The molecule has 1 N–H and O–H groups in total. The second-order valence-electron chi connectivity index (χ2n) is 4.67. The van der Waals surface area contributed by atoms with Gasteiger partial charge < -0.3 is 14.4 Å². The number of phenolic OH excluding ortho intramolecular Hbond substituents is 1. The van der Waals surface area contributed by atoms with Crippen LogP contribution in [0, 0.1) is 13.8 Å². The second-order valence-corrected chi connectivity index (χ2v) is 4.67. The zero-order valence-corrected chi connectivity index (χ0v) is 11.3. The van der Waals surface area contributed by atoms with Gasteiger partial charge in [0.15, 0.2) is 0 Å². The van der Waals surface area contributed by atoms with Gasteiger partial charge in [0.1, 0.15) is 17.3 Å². The standard InChI is InChI=1S/C15H17NO3/c1-10-8-12(17)5-7-14(10)15(18)16(3)9-13-6-4-11(2)19-13/h4-8,17H,9H2,1-3H3. The van der Waals surface area contributed by atoms with E-state index in [4.69, 9.17) is 4.42 Å². The van der Waals surface area contributed by atoms with Crippen LogP contribution in [0.15, 0.2) is 34.7 Å². The summed E-state index contributed by atoms with van der Waals surface area (Å²) >= 11 is 0. The predicted octanol–water partition coefficient (Wildman–Crippen LogP) is 2.87. The highest BCUT2D eigenvalue weighted by molar-refractivity contribution is 5.95. The molecule has 1 aromatic carbocycles. The van der Waals surface area contributed by atoms with E-state index in [1.807, 2.05) is 19.1 Å². The molecule has 19 heavy (non-hydrogen) atoms. The average Bonchev–Trinajstić information content (AvgIpc) is 2.74. The van der Waals surface area contributed by atoms with Gasteiger partial charge in [-0.05, 0) is 49.7 Å². The van der Waals surface area contributed by atoms with Crippen LogP contribution in [0.3, 0.4) is 0 Å². The van der Waals surface area contributed by atoms with Gasteiger partial charge in [-0.15, -0.1) is 0 Å². The van der Waals surface area contributed by atoms with Crippen LogP contribution in [-0.2, 0) is 6.54 Å². The van der Waals surface area contributed by atoms with Gasteiger partial charge >= 0.3 is 0 Å². The molecule has 0 saturated heterocycles. The number of hydrogen-bond donors (Lipinski definition) is 1. The molecular weight excluding hydrogens is 242 g/mol. The summed E-state index contributed by atoms with van der Waals surface area (Å²) in [5.41, 5.74) is 1.34. The van der Waals surface area contributed by atoms with E-state index in [0.717, 1.165) is 17.1 Å². The van der Waals surface area contributed by atoms with Crippen molar-refractivity contribution in [3.63, 3.8) is 0 Å². The van der Waals surface area contributed by atoms with Crippen molar-refractivity contribution in [3.05, 3.63) is 53.0 Å². The fourth-order valence-corrected chi connectivity index (χ4v) is 1.97. The lowest BCUT2D eigenvalue weighted by Gasteiger charge is -2.17. The molecule has 2 rings (SSSR count). The minimum absolute atomic E-state index is 0.0912. The number of aromatic hydroxyl groups is 1. The van der Waals surface area contributed by atoms with E-state index in [-0.39, 0.29) is 11.7 Å². The van der Waals surface area contributed by atoms with Crippen LogP contribution in [0.4, 0.5) is 0 Å². The van der Waals surface area contributed by atoms with E-state index in [9.17, 15) is 9.90 Å². The Morgan fingerprint density at radius 2 is 2.00 bits per heavy atom. The molecule has 0 aliphatic rings. The van der Waals surface area contributed by atoms with Crippen LogP contribution in [0.1, 0.15) is 27.4 Å². The van der Waals surface area contributed by atoms with Crippen LogP contribution < -0.4 is 0 Å². The molecule has 100 valence electrons. The molecule has 1 heterocycles. The molecule has 0 unspecified atom stereocenters. The van der Waals surface area contributed by atoms with Crippen molar-refractivity contribution < 1.29 is 14.3 Å². The van der Waals surface area contributed by atoms with Crippen LogP contribution in [0.2, 0.25) is 0 Å². The van der Waals surface area contributed by atoms with Gasteiger partial charge in [0, 0.05) is 12.6 Å². The minimum atomic E-state index is -0.0912. The molecular formula is C15H17NO3. The number of hydrogen-bond acceptors (Lipinski definition) is 3. The molecule has 0 radical (unpaired) electrons. The molecule has 2 aromatic rings. The number of benzene rings is 1. The Kier molecular flexibility index (Phi) is 3.60. The summed E-state index contributed by atoms with van der Waals surface area (Å²) in [6.07, 6.45) is 0. The zero-order chi connectivity index (χ0) is 14.0. The summed E-state index contributed by atoms with van der Waals surface area (Å²) in [5, 5.41) is 9.36. The number of carbonyl (C=O) groups is 1. The molecule has 0 bridgehead atoms. The molecule has 4 heteroatoms. The first-order valence-electron chi connectivity index (χ1n) is 6.08. The Morgan fingerprint density at radius 3 is 2.58 bits per heavy atom. The van der Waals surface area contributed by atoms with Gasteiger partial charge in [0.05, 0.1) is 6.54 Å². The molecule has 0 fully saturated rings. The Balaban J connectivity index is 2.14. The maximum atomic E-state index is 12.3. The van der Waals surface area contributed by atoms with Gasteiger partial charge in [0.2, 0.25) is 0 Å². The highest BCUT2D eigenvalue weighted by atomic mass is 16.3. The maximum Gasteiger partial charge on any atom is 0.254 e. The number of rotatable bonds is 3. The molecule has 0 aliphatic carbocycles. The van der Waals surface area contributed by atoms with Gasteiger partial charge in [-0.1, -0.05) is 0 Å². The lowest BCUT2D eigenvalue weighted by molar-refractivity contribution is 0.0774. The zero-order valence-electron chi connectivity index (χ0n) is 11.3. The van der Waals surface area contributed by atoms with Crippen LogP contribution >= 0.6 is 0 Å². The summed E-state index contributed by atoms with van der Waals surface area (Å²) < 4.78 is 5.46. The smallest absolute Gasteiger partial charge is 0.254 e. The summed E-state index contributed by atoms with van der Waals surface area (Å²) in [6.45, 7) is 4.10. The largest absolute Gasteiger partial charge is 0.508 e. The van der Waals surface area contributed by atoms with Crippen molar-refractivity contribution in [2.24, 2.45) is 0 Å². The number of carbonyl (C=O) groups excluding carboxylic acids is 1. The van der Waals surface area contributed by atoms with E-state index in [1.165, 1.54) is 6.07 Å². The highest BCUT2D eigenvalue weighted by Gasteiger charge is 2.15. The first-order valence-corrected chi connectivity index (χ1v) is 6.08. The molecule has 0 aliphatic heterocycles. The van der Waals surface area contributed by atoms with Crippen molar-refractivity contribution in [2.75, 3.05) is 7.05 Å². The normalized spacial score (nSPS) is 10.5. The fourth-order valence-electron chi connectivity index (χ4n) is 1.97. The maximum absolute atomic E-state index is 12.3. The van der Waals surface area contributed by atoms with Gasteiger partial charge in [-0.3, -0.25) is 4.79 Å². The SMILES string of the molecule is Cc1ccc(CN(C)C(=O)c2ccc(O)cc2C)o1. The number of amides is 1. The van der Waals surface area contributed by atoms with Crippen molar-refractivity contribution in [3.8, 4) is 5.75 Å². The Hall–Kier alpha value is -2.23. The third-order valence-corrected chi connectivity index (χ3v) is 2.98. The molecule has 0 atom stereocenters.